The largest absolute Gasteiger partial charge is 0.253 e. The van der Waals surface area contributed by atoms with E-state index in [1.807, 2.05) is 12.3 Å². The third kappa shape index (κ3) is 4.99. The molecule has 0 bridgehead atoms. The van der Waals surface area contributed by atoms with Gasteiger partial charge in [-0.1, -0.05) is 176 Å². The van der Waals surface area contributed by atoms with Gasteiger partial charge in [-0.25, -0.2) is 9.97 Å². The molecule has 0 saturated carbocycles. The number of aromatic nitrogens is 3. The van der Waals surface area contributed by atoms with Crippen molar-refractivity contribution < 1.29 is 0 Å². The summed E-state index contributed by atoms with van der Waals surface area (Å²) in [7, 11) is 0. The molecule has 3 nitrogen and oxygen atoms in total. The van der Waals surface area contributed by atoms with Crippen LogP contribution in [0.3, 0.4) is 0 Å². The van der Waals surface area contributed by atoms with E-state index in [-0.39, 0.29) is 11.8 Å². The molecule has 0 saturated heterocycles. The highest BCUT2D eigenvalue weighted by molar-refractivity contribution is 6.22. The summed E-state index contributed by atoms with van der Waals surface area (Å²) in [5, 5.41) is 8.31. The number of hydrogen-bond acceptors (Lipinski definition) is 3. The van der Waals surface area contributed by atoms with Gasteiger partial charge in [0.05, 0.1) is 27.9 Å². The maximum Gasteiger partial charge on any atom is 0.0972 e. The fourth-order valence-corrected chi connectivity index (χ4v) is 10.2. The Balaban J connectivity index is 0.863. The second-order valence-electron chi connectivity index (χ2n) is 16.3. The first-order valence-corrected chi connectivity index (χ1v) is 20.7. The number of fused-ring (bicyclic) bond motifs is 8. The summed E-state index contributed by atoms with van der Waals surface area (Å²) < 4.78 is 0. The Morgan fingerprint density at radius 3 is 2.08 bits per heavy atom. The van der Waals surface area contributed by atoms with E-state index in [1.165, 1.54) is 65.9 Å². The van der Waals surface area contributed by atoms with Crippen molar-refractivity contribution in [1.82, 2.24) is 15.0 Å². The molecule has 4 aliphatic rings. The summed E-state index contributed by atoms with van der Waals surface area (Å²) in [6.07, 6.45) is 20.7. The van der Waals surface area contributed by atoms with Gasteiger partial charge in [0.15, 0.2) is 0 Å². The van der Waals surface area contributed by atoms with Gasteiger partial charge in [-0.05, 0) is 68.0 Å². The van der Waals surface area contributed by atoms with Crippen molar-refractivity contribution in [3.63, 3.8) is 0 Å². The molecule has 0 amide bonds. The van der Waals surface area contributed by atoms with Crippen LogP contribution in [0.25, 0.3) is 87.9 Å². The molecule has 60 heavy (non-hydrogen) atoms. The quantitative estimate of drug-likeness (QED) is 0.168. The van der Waals surface area contributed by atoms with Crippen molar-refractivity contribution >= 4 is 65.4 Å². The van der Waals surface area contributed by atoms with Gasteiger partial charge in [0.25, 0.3) is 0 Å². The number of pyridine rings is 3. The van der Waals surface area contributed by atoms with Crippen LogP contribution in [0, 0.1) is 11.8 Å². The molecule has 0 spiro atoms. The fraction of sp³-hybridized carbons (Fsp3) is 0.0351. The lowest BCUT2D eigenvalue weighted by Gasteiger charge is -2.42. The van der Waals surface area contributed by atoms with Crippen LogP contribution in [0.1, 0.15) is 11.1 Å². The normalized spacial score (nSPS) is 17.9. The number of para-hydroxylation sites is 1. The van der Waals surface area contributed by atoms with Crippen molar-refractivity contribution in [1.29, 1.82) is 0 Å². The van der Waals surface area contributed by atoms with Crippen LogP contribution in [-0.2, 0) is 0 Å². The first kappa shape index (κ1) is 33.2. The Bertz CT molecular complexity index is 3560. The Hall–Kier alpha value is -7.75. The van der Waals surface area contributed by atoms with E-state index in [0.717, 1.165) is 55.4 Å². The van der Waals surface area contributed by atoms with E-state index in [4.69, 9.17) is 15.0 Å². The van der Waals surface area contributed by atoms with Crippen LogP contribution in [0.15, 0.2) is 223 Å². The summed E-state index contributed by atoms with van der Waals surface area (Å²) in [4.78, 5) is 15.5. The SMILES string of the molecule is C1=CC2=C(c3ccc(-c4nc5ccccc5c5c4ccc4ccccc45)cc3)C=CC3=CC=C4C(c5cnc6c(ccc7ccc(-c8ccccc8)nc76)c5)=CC=C1C4C32. The average Bonchev–Trinajstić information content (AvgIpc) is 3.32. The molecular formula is C57H35N3. The lowest BCUT2D eigenvalue weighted by Crippen LogP contribution is -2.30. The van der Waals surface area contributed by atoms with Gasteiger partial charge in [-0.2, -0.15) is 0 Å². The summed E-state index contributed by atoms with van der Waals surface area (Å²) in [5.41, 5.74) is 17.4. The van der Waals surface area contributed by atoms with Crippen LogP contribution in [0.5, 0.6) is 0 Å². The van der Waals surface area contributed by atoms with Crippen molar-refractivity contribution in [2.45, 2.75) is 0 Å². The van der Waals surface area contributed by atoms with Gasteiger partial charge in [0.1, 0.15) is 0 Å². The lowest BCUT2D eigenvalue weighted by molar-refractivity contribution is 0.569. The van der Waals surface area contributed by atoms with Gasteiger partial charge >= 0.3 is 0 Å². The van der Waals surface area contributed by atoms with E-state index < -0.39 is 0 Å². The third-order valence-corrected chi connectivity index (χ3v) is 13.1. The molecule has 2 unspecified atom stereocenters. The van der Waals surface area contributed by atoms with Crippen molar-refractivity contribution in [2.75, 3.05) is 0 Å². The minimum atomic E-state index is 0.231. The minimum Gasteiger partial charge on any atom is -0.253 e. The predicted octanol–water partition coefficient (Wildman–Crippen LogP) is 14.0. The van der Waals surface area contributed by atoms with E-state index in [1.54, 1.807) is 0 Å². The molecule has 0 fully saturated rings. The highest BCUT2D eigenvalue weighted by atomic mass is 14.8. The molecule has 3 heterocycles. The number of rotatable bonds is 4. The van der Waals surface area contributed by atoms with Crippen molar-refractivity contribution in [2.24, 2.45) is 11.8 Å². The van der Waals surface area contributed by atoms with Gasteiger partial charge < -0.3 is 0 Å². The summed E-state index contributed by atoms with van der Waals surface area (Å²) >= 11 is 0. The van der Waals surface area contributed by atoms with E-state index in [2.05, 4.69) is 188 Å². The van der Waals surface area contributed by atoms with Crippen LogP contribution in [-0.4, -0.2) is 15.0 Å². The van der Waals surface area contributed by atoms with Crippen LogP contribution in [0.4, 0.5) is 0 Å². The molecular weight excluding hydrogens is 727 g/mol. The number of nitrogens with zero attached hydrogens (tertiary/aromatic N) is 3. The van der Waals surface area contributed by atoms with Gasteiger partial charge in [-0.3, -0.25) is 4.98 Å². The Morgan fingerprint density at radius 1 is 0.433 bits per heavy atom. The zero-order valence-corrected chi connectivity index (χ0v) is 32.5. The monoisotopic (exact) mass is 761 g/mol. The average molecular weight is 762 g/mol. The van der Waals surface area contributed by atoms with Crippen LogP contribution >= 0.6 is 0 Å². The standard InChI is InChI=1S/C57H35N3/c1-2-9-36(10-3-1)50-31-25-40-18-19-41-32-42(33-58-56(41)57(40)59-50)44-27-22-38-23-28-46-43(26-21-37-24-29-47(44)53(38)52(37)46)35-14-16-39(17-15-35)55-49-30-20-34-8-4-5-11-45(34)54(49)48-12-6-7-13-51(48)60-55/h1-33,52-53H. The van der Waals surface area contributed by atoms with Gasteiger partial charge in [0.2, 0.25) is 0 Å². The maximum atomic E-state index is 5.27. The third-order valence-electron chi connectivity index (χ3n) is 13.1. The van der Waals surface area contributed by atoms with E-state index >= 15 is 0 Å². The highest BCUT2D eigenvalue weighted by Gasteiger charge is 2.40. The Morgan fingerprint density at radius 2 is 1.17 bits per heavy atom. The topological polar surface area (TPSA) is 38.7 Å². The first-order chi connectivity index (χ1) is 29.7. The summed E-state index contributed by atoms with van der Waals surface area (Å²) in [6.45, 7) is 0. The minimum absolute atomic E-state index is 0.231. The zero-order valence-electron chi connectivity index (χ0n) is 32.5. The summed E-state index contributed by atoms with van der Waals surface area (Å²) in [6, 6.07) is 52.0. The zero-order chi connectivity index (χ0) is 39.3. The molecule has 278 valence electrons. The van der Waals surface area contributed by atoms with E-state index in [0.29, 0.717) is 0 Å². The molecule has 9 aromatic rings. The fourth-order valence-electron chi connectivity index (χ4n) is 10.2. The Labute approximate surface area is 347 Å². The molecule has 0 N–H and O–H groups in total. The van der Waals surface area contributed by atoms with Gasteiger partial charge in [-0.15, -0.1) is 0 Å². The van der Waals surface area contributed by atoms with Gasteiger partial charge in [0, 0.05) is 61.7 Å². The maximum absolute atomic E-state index is 5.27. The molecule has 4 aliphatic carbocycles. The van der Waals surface area contributed by atoms with Crippen LogP contribution < -0.4 is 0 Å². The van der Waals surface area contributed by atoms with Crippen molar-refractivity contribution in [3.05, 3.63) is 234 Å². The number of hydrogen-bond donors (Lipinski definition) is 0. The number of allylic oxidation sites excluding steroid dienone is 14. The second-order valence-corrected chi connectivity index (χ2v) is 16.3. The molecule has 0 aliphatic heterocycles. The first-order valence-electron chi connectivity index (χ1n) is 20.7. The lowest BCUT2D eigenvalue weighted by atomic mass is 9.61. The Kier molecular flexibility index (Phi) is 7.13. The number of benzene rings is 6. The van der Waals surface area contributed by atoms with Crippen LogP contribution in [0.2, 0.25) is 0 Å². The smallest absolute Gasteiger partial charge is 0.0972 e. The molecule has 6 aromatic carbocycles. The van der Waals surface area contributed by atoms with E-state index in [9.17, 15) is 0 Å². The highest BCUT2D eigenvalue weighted by Crippen LogP contribution is 2.54. The molecule has 3 heteroatoms. The molecule has 3 aromatic heterocycles. The molecule has 0 radical (unpaired) electrons. The molecule has 2 atom stereocenters. The second kappa shape index (κ2) is 12.9. The van der Waals surface area contributed by atoms with Crippen molar-refractivity contribution in [3.8, 4) is 22.5 Å². The predicted molar refractivity (Wildman–Crippen MR) is 249 cm³/mol. The molecule has 13 rings (SSSR count). The summed E-state index contributed by atoms with van der Waals surface area (Å²) in [5.74, 6) is 0.469.